The van der Waals surface area contributed by atoms with Gasteiger partial charge in [0.1, 0.15) is 0 Å². The molecule has 0 radical (unpaired) electrons. The highest BCUT2D eigenvalue weighted by Crippen LogP contribution is 2.23. The van der Waals surface area contributed by atoms with Crippen molar-refractivity contribution >= 4 is 29.3 Å². The van der Waals surface area contributed by atoms with Crippen molar-refractivity contribution in [2.24, 2.45) is 0 Å². The van der Waals surface area contributed by atoms with Gasteiger partial charge in [-0.1, -0.05) is 47.6 Å². The monoisotopic (exact) mass is 336 g/mol. The van der Waals surface area contributed by atoms with Crippen LogP contribution in [-0.4, -0.2) is 27.8 Å². The van der Waals surface area contributed by atoms with Crippen LogP contribution in [-0.2, 0) is 4.79 Å². The van der Waals surface area contributed by atoms with Crippen LogP contribution in [0.25, 0.3) is 0 Å². The van der Waals surface area contributed by atoms with Gasteiger partial charge in [0.05, 0.1) is 16.4 Å². The lowest BCUT2D eigenvalue weighted by atomic mass is 10.1. The number of halogens is 1. The number of pyridine rings is 1. The van der Waals surface area contributed by atoms with Crippen molar-refractivity contribution in [2.75, 3.05) is 6.54 Å². The number of rotatable bonds is 6. The minimum absolute atomic E-state index is 0.121. The molecule has 1 amide bonds. The van der Waals surface area contributed by atoms with Gasteiger partial charge in [-0.2, -0.15) is 0 Å². The number of benzene rings is 1. The average molecular weight is 337 g/mol. The summed E-state index contributed by atoms with van der Waals surface area (Å²) in [6.07, 6.45) is 0.860. The van der Waals surface area contributed by atoms with Crippen LogP contribution in [0.1, 0.15) is 18.6 Å². The Morgan fingerprint density at radius 3 is 2.73 bits per heavy atom. The molecular formula is C16H17ClN2O2S. The first-order valence-corrected chi connectivity index (χ1v) is 8.11. The molecule has 2 rings (SSSR count). The average Bonchev–Trinajstić information content (AvgIpc) is 2.53. The van der Waals surface area contributed by atoms with Crippen molar-refractivity contribution in [1.82, 2.24) is 10.3 Å². The predicted molar refractivity (Wildman–Crippen MR) is 89.0 cm³/mol. The van der Waals surface area contributed by atoms with Crippen molar-refractivity contribution in [2.45, 2.75) is 23.3 Å². The van der Waals surface area contributed by atoms with Crippen molar-refractivity contribution in [3.63, 3.8) is 0 Å². The van der Waals surface area contributed by atoms with Crippen molar-refractivity contribution < 1.29 is 9.90 Å². The lowest BCUT2D eigenvalue weighted by Crippen LogP contribution is -2.34. The van der Waals surface area contributed by atoms with Gasteiger partial charge in [0.15, 0.2) is 0 Å². The SMILES string of the molecule is CC(Sc1ccccn1)C(=O)NCC(O)c1ccccc1Cl. The number of hydrogen-bond donors (Lipinski definition) is 2. The van der Waals surface area contributed by atoms with E-state index in [4.69, 9.17) is 11.6 Å². The molecule has 0 saturated heterocycles. The third-order valence-electron chi connectivity index (χ3n) is 3.04. The summed E-state index contributed by atoms with van der Waals surface area (Å²) in [6, 6.07) is 12.6. The maximum atomic E-state index is 12.1. The summed E-state index contributed by atoms with van der Waals surface area (Å²) in [4.78, 5) is 16.2. The molecule has 22 heavy (non-hydrogen) atoms. The number of aromatic nitrogens is 1. The Hall–Kier alpha value is -1.56. The number of nitrogens with one attached hydrogen (secondary N) is 1. The number of nitrogens with zero attached hydrogens (tertiary/aromatic N) is 1. The van der Waals surface area contributed by atoms with E-state index in [-0.39, 0.29) is 17.7 Å². The molecule has 2 atom stereocenters. The van der Waals surface area contributed by atoms with Crippen molar-refractivity contribution in [3.8, 4) is 0 Å². The van der Waals surface area contributed by atoms with Gasteiger partial charge in [-0.05, 0) is 25.1 Å². The molecule has 0 saturated carbocycles. The van der Waals surface area contributed by atoms with E-state index in [1.165, 1.54) is 11.8 Å². The van der Waals surface area contributed by atoms with Gasteiger partial charge >= 0.3 is 0 Å². The molecule has 2 aromatic rings. The molecule has 4 nitrogen and oxygen atoms in total. The Morgan fingerprint density at radius 2 is 2.05 bits per heavy atom. The summed E-state index contributed by atoms with van der Waals surface area (Å²) >= 11 is 7.39. The highest BCUT2D eigenvalue weighted by atomic mass is 35.5. The fraction of sp³-hybridized carbons (Fsp3) is 0.250. The second-order valence-corrected chi connectivity index (χ2v) is 6.48. The smallest absolute Gasteiger partial charge is 0.233 e. The van der Waals surface area contributed by atoms with Crippen LogP contribution in [0.5, 0.6) is 0 Å². The fourth-order valence-electron chi connectivity index (χ4n) is 1.85. The van der Waals surface area contributed by atoms with Gasteiger partial charge in [0.2, 0.25) is 5.91 Å². The maximum Gasteiger partial charge on any atom is 0.233 e. The largest absolute Gasteiger partial charge is 0.387 e. The molecule has 0 fully saturated rings. The summed E-state index contributed by atoms with van der Waals surface area (Å²) in [5, 5.41) is 13.8. The van der Waals surface area contributed by atoms with Crippen LogP contribution in [0.15, 0.2) is 53.7 Å². The van der Waals surface area contributed by atoms with E-state index in [1.807, 2.05) is 18.2 Å². The molecular weight excluding hydrogens is 320 g/mol. The Kier molecular flexibility index (Phi) is 6.24. The van der Waals surface area contributed by atoms with E-state index < -0.39 is 6.10 Å². The van der Waals surface area contributed by atoms with E-state index in [2.05, 4.69) is 10.3 Å². The molecule has 2 N–H and O–H groups in total. The molecule has 1 aromatic heterocycles. The Balaban J connectivity index is 1.86. The second kappa shape index (κ2) is 8.17. The predicted octanol–water partition coefficient (Wildman–Crippen LogP) is 3.07. The first kappa shape index (κ1) is 16.8. The second-order valence-electron chi connectivity index (χ2n) is 4.71. The highest BCUT2D eigenvalue weighted by Gasteiger charge is 2.17. The first-order chi connectivity index (χ1) is 10.6. The number of aliphatic hydroxyl groups is 1. The zero-order valence-electron chi connectivity index (χ0n) is 12.1. The van der Waals surface area contributed by atoms with E-state index in [1.54, 1.807) is 37.4 Å². The summed E-state index contributed by atoms with van der Waals surface area (Å²) in [7, 11) is 0. The molecule has 1 aromatic carbocycles. The Morgan fingerprint density at radius 1 is 1.32 bits per heavy atom. The molecule has 1 heterocycles. The zero-order chi connectivity index (χ0) is 15.9. The quantitative estimate of drug-likeness (QED) is 0.796. The van der Waals surface area contributed by atoms with E-state index in [0.717, 1.165) is 5.03 Å². The van der Waals surface area contributed by atoms with Gasteiger partial charge < -0.3 is 10.4 Å². The number of carbonyl (C=O) groups is 1. The molecule has 2 unspecified atom stereocenters. The summed E-state index contributed by atoms with van der Waals surface area (Å²) in [5.41, 5.74) is 0.606. The van der Waals surface area contributed by atoms with Crippen LogP contribution in [0.4, 0.5) is 0 Å². The summed E-state index contributed by atoms with van der Waals surface area (Å²) < 4.78 is 0. The molecule has 0 aliphatic rings. The van der Waals surface area contributed by atoms with Gasteiger partial charge in [0.25, 0.3) is 0 Å². The molecule has 0 aliphatic heterocycles. The summed E-state index contributed by atoms with van der Waals surface area (Å²) in [6.45, 7) is 1.92. The van der Waals surface area contributed by atoms with Gasteiger partial charge in [-0.25, -0.2) is 4.98 Å². The topological polar surface area (TPSA) is 62.2 Å². The van der Waals surface area contributed by atoms with Crippen LogP contribution in [0.2, 0.25) is 5.02 Å². The number of thioether (sulfide) groups is 1. The molecule has 6 heteroatoms. The lowest BCUT2D eigenvalue weighted by Gasteiger charge is -2.16. The number of amides is 1. The standard InChI is InChI=1S/C16H17ClN2O2S/c1-11(22-15-8-4-5-9-18-15)16(21)19-10-14(20)12-6-2-3-7-13(12)17/h2-9,11,14,20H,10H2,1H3,(H,19,21). The van der Waals surface area contributed by atoms with Gasteiger partial charge in [0, 0.05) is 23.3 Å². The molecule has 116 valence electrons. The number of hydrogen-bond acceptors (Lipinski definition) is 4. The number of carbonyl (C=O) groups excluding carboxylic acids is 1. The van der Waals surface area contributed by atoms with Crippen molar-refractivity contribution in [1.29, 1.82) is 0 Å². The van der Waals surface area contributed by atoms with E-state index in [9.17, 15) is 9.90 Å². The maximum absolute atomic E-state index is 12.1. The lowest BCUT2D eigenvalue weighted by molar-refractivity contribution is -0.120. The highest BCUT2D eigenvalue weighted by molar-refractivity contribution is 8.00. The number of aliphatic hydroxyl groups excluding tert-OH is 1. The Labute approximate surface area is 138 Å². The van der Waals surface area contributed by atoms with Crippen molar-refractivity contribution in [3.05, 3.63) is 59.2 Å². The first-order valence-electron chi connectivity index (χ1n) is 6.86. The molecule has 0 bridgehead atoms. The van der Waals surface area contributed by atoms with Gasteiger partial charge in [-0.15, -0.1) is 0 Å². The van der Waals surface area contributed by atoms with E-state index >= 15 is 0 Å². The zero-order valence-corrected chi connectivity index (χ0v) is 13.6. The van der Waals surface area contributed by atoms with Gasteiger partial charge in [-0.3, -0.25) is 4.79 Å². The summed E-state index contributed by atoms with van der Waals surface area (Å²) in [5.74, 6) is -0.151. The minimum Gasteiger partial charge on any atom is -0.387 e. The third-order valence-corrected chi connectivity index (χ3v) is 4.43. The Bertz CT molecular complexity index is 625. The van der Waals surface area contributed by atoms with Crippen LogP contribution in [0.3, 0.4) is 0 Å². The third kappa shape index (κ3) is 4.73. The molecule has 0 aliphatic carbocycles. The van der Waals surface area contributed by atoms with Crippen LogP contribution < -0.4 is 5.32 Å². The normalized spacial score (nSPS) is 13.4. The fourth-order valence-corrected chi connectivity index (χ4v) is 2.94. The minimum atomic E-state index is -0.829. The molecule has 0 spiro atoms. The van der Waals surface area contributed by atoms with Crippen LogP contribution in [0, 0.1) is 0 Å². The van der Waals surface area contributed by atoms with E-state index in [0.29, 0.717) is 10.6 Å². The van der Waals surface area contributed by atoms with Crippen LogP contribution >= 0.6 is 23.4 Å².